The molecule has 23 heavy (non-hydrogen) atoms. The Kier molecular flexibility index (Phi) is 5.01. The lowest BCUT2D eigenvalue weighted by Crippen LogP contribution is -2.37. The van der Waals surface area contributed by atoms with E-state index in [4.69, 9.17) is 4.74 Å². The molecule has 2 aromatic rings. The van der Waals surface area contributed by atoms with Gasteiger partial charge in [-0.25, -0.2) is 4.79 Å². The molecule has 0 fully saturated rings. The fraction of sp³-hybridized carbons (Fsp3) is 0.222. The van der Waals surface area contributed by atoms with Gasteiger partial charge in [0.25, 0.3) is 5.91 Å². The molecule has 1 amide bonds. The van der Waals surface area contributed by atoms with E-state index in [1.54, 1.807) is 38.2 Å². The van der Waals surface area contributed by atoms with Crippen molar-refractivity contribution in [2.24, 2.45) is 0 Å². The van der Waals surface area contributed by atoms with Crippen LogP contribution in [0.2, 0.25) is 0 Å². The van der Waals surface area contributed by atoms with Crippen molar-refractivity contribution < 1.29 is 19.4 Å². The van der Waals surface area contributed by atoms with Gasteiger partial charge in [-0.2, -0.15) is 0 Å². The summed E-state index contributed by atoms with van der Waals surface area (Å²) in [6.07, 6.45) is -0.965. The van der Waals surface area contributed by atoms with E-state index < -0.39 is 12.1 Å². The van der Waals surface area contributed by atoms with Crippen LogP contribution in [0.5, 0.6) is 5.75 Å². The number of benzene rings is 2. The molecule has 0 radical (unpaired) electrons. The second-order valence-corrected chi connectivity index (χ2v) is 5.25. The van der Waals surface area contributed by atoms with Crippen molar-refractivity contribution in [1.29, 1.82) is 0 Å². The van der Waals surface area contributed by atoms with Gasteiger partial charge in [0.2, 0.25) is 0 Å². The monoisotopic (exact) mass is 313 g/mol. The molecule has 120 valence electrons. The van der Waals surface area contributed by atoms with Gasteiger partial charge in [-0.15, -0.1) is 0 Å². The zero-order chi connectivity index (χ0) is 17.0. The van der Waals surface area contributed by atoms with Gasteiger partial charge in [-0.1, -0.05) is 30.3 Å². The highest BCUT2D eigenvalue weighted by Crippen LogP contribution is 2.23. The lowest BCUT2D eigenvalue weighted by Gasteiger charge is -2.21. The number of aromatic hydroxyl groups is 1. The van der Waals surface area contributed by atoms with Crippen molar-refractivity contribution >= 4 is 17.6 Å². The Morgan fingerprint density at radius 2 is 1.74 bits per heavy atom. The summed E-state index contributed by atoms with van der Waals surface area (Å²) in [4.78, 5) is 25.9. The number of phenolic OH excluding ortho intramolecular Hbond substituents is 1. The molecule has 0 aliphatic heterocycles. The smallest absolute Gasteiger partial charge is 0.342 e. The van der Waals surface area contributed by atoms with Gasteiger partial charge in [0, 0.05) is 12.7 Å². The molecule has 0 aliphatic carbocycles. The van der Waals surface area contributed by atoms with E-state index in [0.717, 1.165) is 0 Å². The number of ether oxygens (including phenoxy) is 1. The lowest BCUT2D eigenvalue weighted by atomic mass is 10.1. The summed E-state index contributed by atoms with van der Waals surface area (Å²) in [5.74, 6) is -1.21. The predicted octanol–water partition coefficient (Wildman–Crippen LogP) is 2.91. The van der Waals surface area contributed by atoms with Crippen LogP contribution >= 0.6 is 0 Å². The molecule has 2 rings (SSSR count). The first-order valence-electron chi connectivity index (χ1n) is 7.24. The molecule has 1 N–H and O–H groups in total. The first kappa shape index (κ1) is 16.5. The third kappa shape index (κ3) is 3.69. The molecule has 1 unspecified atom stereocenters. The maximum absolute atomic E-state index is 12.3. The lowest BCUT2D eigenvalue weighted by molar-refractivity contribution is -0.126. The maximum Gasteiger partial charge on any atom is 0.342 e. The third-order valence-corrected chi connectivity index (χ3v) is 3.56. The molecule has 0 heterocycles. The molecule has 0 saturated carbocycles. The van der Waals surface area contributed by atoms with Gasteiger partial charge < -0.3 is 14.7 Å². The van der Waals surface area contributed by atoms with Crippen molar-refractivity contribution in [3.8, 4) is 5.75 Å². The number of likely N-dealkylation sites (N-methyl/N-ethyl adjacent to an activating group) is 1. The second kappa shape index (κ2) is 6.96. The third-order valence-electron chi connectivity index (χ3n) is 3.56. The fourth-order valence-electron chi connectivity index (χ4n) is 2.15. The minimum Gasteiger partial charge on any atom is -0.507 e. The minimum absolute atomic E-state index is 0.0482. The van der Waals surface area contributed by atoms with Crippen molar-refractivity contribution in [2.45, 2.75) is 20.0 Å². The van der Waals surface area contributed by atoms with Gasteiger partial charge in [0.1, 0.15) is 11.3 Å². The number of amides is 1. The van der Waals surface area contributed by atoms with Crippen LogP contribution in [-0.2, 0) is 9.53 Å². The molecular weight excluding hydrogens is 294 g/mol. The number of rotatable bonds is 4. The maximum atomic E-state index is 12.3. The van der Waals surface area contributed by atoms with Crippen LogP contribution in [0.25, 0.3) is 0 Å². The van der Waals surface area contributed by atoms with Gasteiger partial charge in [-0.3, -0.25) is 4.79 Å². The van der Waals surface area contributed by atoms with E-state index in [1.807, 2.05) is 18.2 Å². The Bertz CT molecular complexity index is 712. The van der Waals surface area contributed by atoms with Crippen LogP contribution in [0.3, 0.4) is 0 Å². The molecule has 5 nitrogen and oxygen atoms in total. The predicted molar refractivity (Wildman–Crippen MR) is 87.6 cm³/mol. The summed E-state index contributed by atoms with van der Waals surface area (Å²) in [5, 5.41) is 9.91. The summed E-state index contributed by atoms with van der Waals surface area (Å²) in [6, 6.07) is 13.9. The first-order valence-corrected chi connectivity index (χ1v) is 7.24. The fourth-order valence-corrected chi connectivity index (χ4v) is 2.15. The summed E-state index contributed by atoms with van der Waals surface area (Å²) in [6.45, 7) is 3.19. The number of carbonyl (C=O) groups excluding carboxylic acids is 2. The SMILES string of the molecule is Cc1cccc(C(=O)OC(C)C(=O)N(C)c2ccccc2)c1O. The first-order chi connectivity index (χ1) is 10.9. The number of phenols is 1. The highest BCUT2D eigenvalue weighted by atomic mass is 16.5. The molecule has 0 bridgehead atoms. The highest BCUT2D eigenvalue weighted by molar-refractivity contribution is 5.99. The van der Waals surface area contributed by atoms with E-state index in [-0.39, 0.29) is 17.2 Å². The van der Waals surface area contributed by atoms with Crippen LogP contribution in [-0.4, -0.2) is 30.1 Å². The van der Waals surface area contributed by atoms with E-state index in [9.17, 15) is 14.7 Å². The Hall–Kier alpha value is -2.82. The van der Waals surface area contributed by atoms with Crippen molar-refractivity contribution in [3.63, 3.8) is 0 Å². The average molecular weight is 313 g/mol. The average Bonchev–Trinajstić information content (AvgIpc) is 2.56. The van der Waals surface area contributed by atoms with E-state index >= 15 is 0 Å². The van der Waals surface area contributed by atoms with Crippen LogP contribution < -0.4 is 4.90 Å². The van der Waals surface area contributed by atoms with Crippen molar-refractivity contribution in [3.05, 3.63) is 59.7 Å². The standard InChI is InChI=1S/C18H19NO4/c1-12-8-7-11-15(16(12)20)18(22)23-13(2)17(21)19(3)14-9-5-4-6-10-14/h4-11,13,20H,1-3H3. The van der Waals surface area contributed by atoms with E-state index in [2.05, 4.69) is 0 Å². The van der Waals surface area contributed by atoms with Gasteiger partial charge in [0.05, 0.1) is 0 Å². The largest absolute Gasteiger partial charge is 0.507 e. The van der Waals surface area contributed by atoms with E-state index in [0.29, 0.717) is 11.3 Å². The minimum atomic E-state index is -0.965. The number of hydrogen-bond donors (Lipinski definition) is 1. The van der Waals surface area contributed by atoms with Crippen LogP contribution in [0.15, 0.2) is 48.5 Å². The Morgan fingerprint density at radius 3 is 2.39 bits per heavy atom. The second-order valence-electron chi connectivity index (χ2n) is 5.25. The Morgan fingerprint density at radius 1 is 1.09 bits per heavy atom. The zero-order valence-electron chi connectivity index (χ0n) is 13.3. The molecule has 0 aromatic heterocycles. The van der Waals surface area contributed by atoms with Crippen LogP contribution in [0.4, 0.5) is 5.69 Å². The molecule has 5 heteroatoms. The summed E-state index contributed by atoms with van der Waals surface area (Å²) in [7, 11) is 1.62. The Labute approximate surface area is 135 Å². The van der Waals surface area contributed by atoms with Crippen LogP contribution in [0, 0.1) is 6.92 Å². The van der Waals surface area contributed by atoms with Gasteiger partial charge in [0.15, 0.2) is 6.10 Å². The summed E-state index contributed by atoms with van der Waals surface area (Å²) < 4.78 is 5.19. The molecular formula is C18H19NO4. The summed E-state index contributed by atoms with van der Waals surface area (Å²) in [5.41, 5.74) is 1.32. The van der Waals surface area contributed by atoms with E-state index in [1.165, 1.54) is 17.9 Å². The van der Waals surface area contributed by atoms with Crippen molar-refractivity contribution in [1.82, 2.24) is 0 Å². The Balaban J connectivity index is 2.09. The summed E-state index contributed by atoms with van der Waals surface area (Å²) >= 11 is 0. The quantitative estimate of drug-likeness (QED) is 0.881. The number of carbonyl (C=O) groups is 2. The number of hydrogen-bond acceptors (Lipinski definition) is 4. The normalized spacial score (nSPS) is 11.6. The number of aryl methyl sites for hydroxylation is 1. The van der Waals surface area contributed by atoms with Gasteiger partial charge >= 0.3 is 5.97 Å². The molecule has 0 spiro atoms. The van der Waals surface area contributed by atoms with Crippen LogP contribution in [0.1, 0.15) is 22.8 Å². The number of nitrogens with zero attached hydrogens (tertiary/aromatic N) is 1. The zero-order valence-corrected chi connectivity index (χ0v) is 13.3. The number of para-hydroxylation sites is 2. The molecule has 0 saturated heterocycles. The number of esters is 1. The van der Waals surface area contributed by atoms with Gasteiger partial charge in [-0.05, 0) is 37.6 Å². The molecule has 0 aliphatic rings. The van der Waals surface area contributed by atoms with Crippen molar-refractivity contribution in [2.75, 3.05) is 11.9 Å². The number of anilines is 1. The topological polar surface area (TPSA) is 66.8 Å². The highest BCUT2D eigenvalue weighted by Gasteiger charge is 2.24. The molecule has 1 atom stereocenters. The molecule has 2 aromatic carbocycles.